The van der Waals surface area contributed by atoms with Gasteiger partial charge >= 0.3 is 11.9 Å². The number of rotatable bonds is 3. The lowest BCUT2D eigenvalue weighted by Gasteiger charge is -2.10. The van der Waals surface area contributed by atoms with Gasteiger partial charge in [0.15, 0.2) is 0 Å². The smallest absolute Gasteiger partial charge is 0.395 e. The first-order valence-electron chi connectivity index (χ1n) is 3.63. The second-order valence-corrected chi connectivity index (χ2v) is 3.25. The average Bonchev–Trinajstić information content (AvgIpc) is 2.52. The van der Waals surface area contributed by atoms with Crippen LogP contribution in [0.3, 0.4) is 0 Å². The molecule has 0 aromatic carbocycles. The topological polar surface area (TPSA) is 78.1 Å². The Kier molecular flexibility index (Phi) is 2.94. The van der Waals surface area contributed by atoms with Crippen molar-refractivity contribution in [1.29, 1.82) is 0 Å². The van der Waals surface area contributed by atoms with E-state index in [2.05, 4.69) is 14.9 Å². The highest BCUT2D eigenvalue weighted by Gasteiger charge is 2.46. The molecule has 78 valence electrons. The van der Waals surface area contributed by atoms with Crippen LogP contribution in [0.25, 0.3) is 0 Å². The van der Waals surface area contributed by atoms with Gasteiger partial charge in [-0.1, -0.05) is 11.3 Å². The molecule has 0 aliphatic carbocycles. The SMILES string of the molecule is CCOC(=O)C(F)(F)c1nnc(N)s1. The molecule has 1 heterocycles. The largest absolute Gasteiger partial charge is 0.461 e. The van der Waals surface area contributed by atoms with Crippen LogP contribution in [0.15, 0.2) is 0 Å². The second kappa shape index (κ2) is 3.82. The lowest BCUT2D eigenvalue weighted by molar-refractivity contribution is -0.173. The summed E-state index contributed by atoms with van der Waals surface area (Å²) in [5.41, 5.74) is 5.11. The van der Waals surface area contributed by atoms with E-state index in [0.717, 1.165) is 0 Å². The van der Waals surface area contributed by atoms with Crippen LogP contribution in [-0.2, 0) is 15.5 Å². The van der Waals surface area contributed by atoms with E-state index in [-0.39, 0.29) is 11.7 Å². The molecule has 0 atom stereocenters. The number of hydrogen-bond donors (Lipinski definition) is 1. The summed E-state index contributed by atoms with van der Waals surface area (Å²) in [5, 5.41) is 5.39. The van der Waals surface area contributed by atoms with E-state index in [9.17, 15) is 13.6 Å². The van der Waals surface area contributed by atoms with Gasteiger partial charge in [-0.05, 0) is 6.92 Å². The third kappa shape index (κ3) is 1.95. The van der Waals surface area contributed by atoms with Gasteiger partial charge in [-0.2, -0.15) is 8.78 Å². The summed E-state index contributed by atoms with van der Waals surface area (Å²) < 4.78 is 30.4. The van der Waals surface area contributed by atoms with E-state index in [1.54, 1.807) is 0 Å². The predicted molar refractivity (Wildman–Crippen MR) is 44.8 cm³/mol. The van der Waals surface area contributed by atoms with E-state index in [1.165, 1.54) is 6.92 Å². The highest BCUT2D eigenvalue weighted by molar-refractivity contribution is 7.15. The van der Waals surface area contributed by atoms with Crippen molar-refractivity contribution in [3.8, 4) is 0 Å². The average molecular weight is 223 g/mol. The molecule has 0 aliphatic heterocycles. The first kappa shape index (κ1) is 10.8. The Labute approximate surface area is 81.9 Å². The Morgan fingerprint density at radius 2 is 2.29 bits per heavy atom. The molecule has 0 radical (unpaired) electrons. The number of nitrogens with zero attached hydrogens (tertiary/aromatic N) is 2. The van der Waals surface area contributed by atoms with Gasteiger partial charge in [0.1, 0.15) is 0 Å². The number of carbonyl (C=O) groups excluding carboxylic acids is 1. The van der Waals surface area contributed by atoms with Crippen LogP contribution in [-0.4, -0.2) is 22.8 Å². The molecule has 0 saturated carbocycles. The van der Waals surface area contributed by atoms with Crippen molar-refractivity contribution in [2.75, 3.05) is 12.3 Å². The number of nitrogen functional groups attached to an aromatic ring is 1. The van der Waals surface area contributed by atoms with Gasteiger partial charge in [-0.3, -0.25) is 0 Å². The monoisotopic (exact) mass is 223 g/mol. The van der Waals surface area contributed by atoms with Crippen molar-refractivity contribution >= 4 is 22.4 Å². The number of nitrogens with two attached hydrogens (primary N) is 1. The Balaban J connectivity index is 2.89. The molecule has 2 N–H and O–H groups in total. The number of ether oxygens (including phenoxy) is 1. The summed E-state index contributed by atoms with van der Waals surface area (Å²) in [4.78, 5) is 10.8. The van der Waals surface area contributed by atoms with Gasteiger partial charge < -0.3 is 10.5 Å². The van der Waals surface area contributed by atoms with Gasteiger partial charge in [0.05, 0.1) is 6.61 Å². The molecule has 14 heavy (non-hydrogen) atoms. The van der Waals surface area contributed by atoms with E-state index in [1.807, 2.05) is 0 Å². The molecule has 1 rings (SSSR count). The zero-order chi connectivity index (χ0) is 10.8. The van der Waals surface area contributed by atoms with Crippen molar-refractivity contribution in [3.05, 3.63) is 5.01 Å². The van der Waals surface area contributed by atoms with Gasteiger partial charge in [0, 0.05) is 0 Å². The van der Waals surface area contributed by atoms with Crippen LogP contribution in [0.2, 0.25) is 0 Å². The maximum absolute atomic E-state index is 13.1. The van der Waals surface area contributed by atoms with Crippen molar-refractivity contribution in [2.24, 2.45) is 0 Å². The summed E-state index contributed by atoms with van der Waals surface area (Å²) >= 11 is 0.454. The molecular formula is C6H7F2N3O2S. The van der Waals surface area contributed by atoms with Crippen LogP contribution in [0.4, 0.5) is 13.9 Å². The summed E-state index contributed by atoms with van der Waals surface area (Å²) in [7, 11) is 0. The molecule has 1 aromatic heterocycles. The fourth-order valence-electron chi connectivity index (χ4n) is 0.670. The van der Waals surface area contributed by atoms with Crippen LogP contribution >= 0.6 is 11.3 Å². The fourth-order valence-corrected chi connectivity index (χ4v) is 1.24. The molecule has 0 unspecified atom stereocenters. The highest BCUT2D eigenvalue weighted by atomic mass is 32.1. The Morgan fingerprint density at radius 1 is 1.64 bits per heavy atom. The first-order chi connectivity index (χ1) is 6.48. The molecule has 0 saturated heterocycles. The van der Waals surface area contributed by atoms with Crippen LogP contribution in [0, 0.1) is 0 Å². The van der Waals surface area contributed by atoms with E-state index < -0.39 is 16.9 Å². The minimum Gasteiger partial charge on any atom is -0.461 e. The summed E-state index contributed by atoms with van der Waals surface area (Å²) in [6.07, 6.45) is 0. The zero-order valence-corrected chi connectivity index (χ0v) is 7.98. The summed E-state index contributed by atoms with van der Waals surface area (Å²) in [6, 6.07) is 0. The Bertz CT molecular complexity index is 342. The molecular weight excluding hydrogens is 216 g/mol. The Hall–Kier alpha value is -1.31. The predicted octanol–water partition coefficient (Wildman–Crippen LogP) is 0.775. The van der Waals surface area contributed by atoms with Crippen molar-refractivity contribution in [3.63, 3.8) is 0 Å². The van der Waals surface area contributed by atoms with Crippen molar-refractivity contribution in [2.45, 2.75) is 12.8 Å². The normalized spacial score (nSPS) is 11.4. The zero-order valence-electron chi connectivity index (χ0n) is 7.16. The van der Waals surface area contributed by atoms with Gasteiger partial charge in [-0.25, -0.2) is 4.79 Å². The molecule has 0 spiro atoms. The molecule has 0 amide bonds. The summed E-state index contributed by atoms with van der Waals surface area (Å²) in [5.74, 6) is -5.41. The third-order valence-electron chi connectivity index (χ3n) is 1.24. The molecule has 0 fully saturated rings. The Morgan fingerprint density at radius 3 is 2.71 bits per heavy atom. The number of esters is 1. The molecule has 0 aliphatic rings. The molecule has 5 nitrogen and oxygen atoms in total. The van der Waals surface area contributed by atoms with E-state index in [4.69, 9.17) is 5.73 Å². The maximum atomic E-state index is 13.1. The number of alkyl halides is 2. The van der Waals surface area contributed by atoms with Crippen molar-refractivity contribution in [1.82, 2.24) is 10.2 Å². The number of halogens is 2. The molecule has 1 aromatic rings. The van der Waals surface area contributed by atoms with Gasteiger partial charge in [0.2, 0.25) is 10.1 Å². The lowest BCUT2D eigenvalue weighted by Crippen LogP contribution is -2.28. The van der Waals surface area contributed by atoms with Crippen LogP contribution in [0.1, 0.15) is 11.9 Å². The first-order valence-corrected chi connectivity index (χ1v) is 4.44. The van der Waals surface area contributed by atoms with E-state index in [0.29, 0.717) is 11.3 Å². The number of hydrogen-bond acceptors (Lipinski definition) is 6. The third-order valence-corrected chi connectivity index (χ3v) is 2.06. The maximum Gasteiger partial charge on any atom is 0.395 e. The fraction of sp³-hybridized carbons (Fsp3) is 0.500. The quantitative estimate of drug-likeness (QED) is 0.766. The van der Waals surface area contributed by atoms with E-state index >= 15 is 0 Å². The minimum atomic E-state index is -3.77. The van der Waals surface area contributed by atoms with Gasteiger partial charge in [0.25, 0.3) is 0 Å². The second-order valence-electron chi connectivity index (χ2n) is 2.24. The minimum absolute atomic E-state index is 0.121. The standard InChI is InChI=1S/C6H7F2N3O2S/c1-2-13-4(12)6(7,8)3-10-11-5(9)14-3/h2H2,1H3,(H2,9,11). The van der Waals surface area contributed by atoms with Crippen molar-refractivity contribution < 1.29 is 18.3 Å². The molecule has 8 heteroatoms. The van der Waals surface area contributed by atoms with Crippen LogP contribution < -0.4 is 5.73 Å². The van der Waals surface area contributed by atoms with Gasteiger partial charge in [-0.15, -0.1) is 10.2 Å². The molecule has 0 bridgehead atoms. The number of carbonyl (C=O) groups is 1. The lowest BCUT2D eigenvalue weighted by atomic mass is 10.4. The number of anilines is 1. The van der Waals surface area contributed by atoms with Crippen LogP contribution in [0.5, 0.6) is 0 Å². The number of aromatic nitrogens is 2. The highest BCUT2D eigenvalue weighted by Crippen LogP contribution is 2.32. The summed E-state index contributed by atoms with van der Waals surface area (Å²) in [6.45, 7) is 1.31.